The van der Waals surface area contributed by atoms with Crippen molar-refractivity contribution < 1.29 is 10.4 Å². The zero-order valence-corrected chi connectivity index (χ0v) is 14.8. The maximum Gasteiger partial charge on any atom is 0.121 e. The van der Waals surface area contributed by atoms with Gasteiger partial charge in [0.15, 0.2) is 0 Å². The highest BCUT2D eigenvalue weighted by atomic mass is 32.1. The third-order valence-corrected chi connectivity index (χ3v) is 4.58. The van der Waals surface area contributed by atoms with Crippen LogP contribution < -0.4 is 15.9 Å². The zero-order valence-electron chi connectivity index (χ0n) is 14.0. The Morgan fingerprint density at radius 2 is 1.81 bits per heavy atom. The minimum atomic E-state index is -0.623. The smallest absolute Gasteiger partial charge is 0.121 e. The van der Waals surface area contributed by atoms with Crippen molar-refractivity contribution in [2.24, 2.45) is 5.10 Å². The highest BCUT2D eigenvalue weighted by Crippen LogP contribution is 2.30. The van der Waals surface area contributed by atoms with Crippen LogP contribution in [0.2, 0.25) is 0 Å². The van der Waals surface area contributed by atoms with E-state index >= 15 is 0 Å². The molecule has 3 aromatic rings. The highest BCUT2D eigenvalue weighted by molar-refractivity contribution is 7.08. The van der Waals surface area contributed by atoms with Crippen LogP contribution in [0.5, 0.6) is 0 Å². The van der Waals surface area contributed by atoms with Crippen molar-refractivity contribution in [1.82, 2.24) is 0 Å². The molecule has 8 nitrogen and oxygen atoms in total. The number of hydrogen-bond acceptors (Lipinski definition) is 9. The average molecular weight is 384 g/mol. The number of nitrogens with one attached hydrogen (secondary N) is 1. The molecule has 1 atom stereocenters. The predicted molar refractivity (Wildman–Crippen MR) is 106 cm³/mol. The summed E-state index contributed by atoms with van der Waals surface area (Å²) in [6.07, 6.45) is 1.70. The van der Waals surface area contributed by atoms with Crippen LogP contribution >= 0.6 is 11.3 Å². The lowest BCUT2D eigenvalue weighted by atomic mass is 9.95. The van der Waals surface area contributed by atoms with Gasteiger partial charge in [0.1, 0.15) is 5.69 Å². The Kier molecular flexibility index (Phi) is 6.01. The van der Waals surface area contributed by atoms with E-state index in [0.29, 0.717) is 0 Å². The van der Waals surface area contributed by atoms with Crippen molar-refractivity contribution in [1.29, 1.82) is 0 Å². The summed E-state index contributed by atoms with van der Waals surface area (Å²) in [6.45, 7) is 0. The van der Waals surface area contributed by atoms with Crippen molar-refractivity contribution >= 4 is 34.6 Å². The molecule has 0 saturated heterocycles. The third kappa shape index (κ3) is 4.61. The molecule has 0 radical (unpaired) electrons. The topological polar surface area (TPSA) is 117 Å². The van der Waals surface area contributed by atoms with Crippen LogP contribution in [-0.4, -0.2) is 16.6 Å². The Bertz CT molecular complexity index is 886. The molecule has 1 heterocycles. The first-order chi connectivity index (χ1) is 13.1. The lowest BCUT2D eigenvalue weighted by Crippen LogP contribution is -2.14. The van der Waals surface area contributed by atoms with Crippen molar-refractivity contribution in [3.05, 3.63) is 86.9 Å². The van der Waals surface area contributed by atoms with Crippen molar-refractivity contribution in [3.63, 3.8) is 0 Å². The van der Waals surface area contributed by atoms with E-state index in [-0.39, 0.29) is 28.2 Å². The minimum absolute atomic E-state index is 0.0918. The van der Waals surface area contributed by atoms with E-state index in [2.05, 4.69) is 10.5 Å². The molecule has 0 aliphatic rings. The minimum Gasteiger partial charge on any atom is -0.769 e. The first kappa shape index (κ1) is 18.8. The zero-order chi connectivity index (χ0) is 19.2. The fourth-order valence-corrected chi connectivity index (χ4v) is 3.25. The van der Waals surface area contributed by atoms with Crippen LogP contribution in [0.4, 0.5) is 17.1 Å². The SMILES string of the molecule is [O-]N([O-])c1ccc(N/N=C/C(c2ccccc2)c2ccsc2)c(N(O)O)c1. The van der Waals surface area contributed by atoms with Crippen LogP contribution in [0.25, 0.3) is 0 Å². The Morgan fingerprint density at radius 1 is 1.04 bits per heavy atom. The van der Waals surface area contributed by atoms with Gasteiger partial charge < -0.3 is 15.6 Å². The summed E-state index contributed by atoms with van der Waals surface area (Å²) in [5, 5.41) is 47.8. The number of benzene rings is 2. The molecule has 0 aliphatic carbocycles. The Balaban J connectivity index is 1.84. The normalized spacial score (nSPS) is 12.1. The third-order valence-electron chi connectivity index (χ3n) is 3.88. The van der Waals surface area contributed by atoms with Gasteiger partial charge in [-0.25, -0.2) is 0 Å². The van der Waals surface area contributed by atoms with Crippen molar-refractivity contribution in [2.75, 3.05) is 15.9 Å². The Labute approximate surface area is 159 Å². The van der Waals surface area contributed by atoms with E-state index in [4.69, 9.17) is 0 Å². The van der Waals surface area contributed by atoms with Gasteiger partial charge in [0.05, 0.1) is 5.69 Å². The standard InChI is InChI=1S/C18H16N4O4S/c23-21(24)15-6-7-17(18(10-15)22(25)26)20-19-11-16(14-8-9-27-12-14)13-4-2-1-3-5-13/h1-12,16,20,25-26H/q-2/b19-11+. The summed E-state index contributed by atoms with van der Waals surface area (Å²) in [7, 11) is 0. The second kappa shape index (κ2) is 8.62. The van der Waals surface area contributed by atoms with Crippen LogP contribution in [0.1, 0.15) is 17.0 Å². The van der Waals surface area contributed by atoms with Gasteiger partial charge in [0.25, 0.3) is 0 Å². The summed E-state index contributed by atoms with van der Waals surface area (Å²) in [6, 6.07) is 15.5. The largest absolute Gasteiger partial charge is 0.769 e. The van der Waals surface area contributed by atoms with Crippen LogP contribution in [-0.2, 0) is 0 Å². The van der Waals surface area contributed by atoms with E-state index in [9.17, 15) is 20.8 Å². The van der Waals surface area contributed by atoms with Crippen LogP contribution in [0.15, 0.2) is 70.5 Å². The summed E-state index contributed by atoms with van der Waals surface area (Å²) in [5.74, 6) is -0.0918. The molecule has 1 unspecified atom stereocenters. The molecule has 2 aromatic carbocycles. The second-order valence-electron chi connectivity index (χ2n) is 5.58. The lowest BCUT2D eigenvalue weighted by molar-refractivity contribution is 0.0295. The van der Waals surface area contributed by atoms with Gasteiger partial charge in [0, 0.05) is 17.8 Å². The van der Waals surface area contributed by atoms with Gasteiger partial charge in [-0.1, -0.05) is 30.3 Å². The molecule has 3 N–H and O–H groups in total. The molecule has 140 valence electrons. The number of anilines is 3. The summed E-state index contributed by atoms with van der Waals surface area (Å²) >= 11 is 1.58. The van der Waals surface area contributed by atoms with E-state index in [1.807, 2.05) is 47.2 Å². The number of rotatable bonds is 7. The summed E-state index contributed by atoms with van der Waals surface area (Å²) in [4.78, 5) is 0. The van der Waals surface area contributed by atoms with Gasteiger partial charge in [-0.15, -0.1) is 5.23 Å². The van der Waals surface area contributed by atoms with Crippen LogP contribution in [0.3, 0.4) is 0 Å². The van der Waals surface area contributed by atoms with Crippen molar-refractivity contribution in [2.45, 2.75) is 5.92 Å². The molecule has 3 rings (SSSR count). The highest BCUT2D eigenvalue weighted by Gasteiger charge is 2.13. The Hall–Kier alpha value is -2.95. The number of hydrogen-bond donors (Lipinski definition) is 3. The predicted octanol–water partition coefficient (Wildman–Crippen LogP) is 4.36. The van der Waals surface area contributed by atoms with Crippen LogP contribution in [0, 0.1) is 10.4 Å². The second-order valence-corrected chi connectivity index (χ2v) is 6.36. The molecule has 0 fully saturated rings. The fourth-order valence-electron chi connectivity index (χ4n) is 2.55. The molecule has 0 saturated carbocycles. The molecule has 0 aliphatic heterocycles. The molecular formula is C18H16N4O4S-2. The molecule has 9 heteroatoms. The average Bonchev–Trinajstić information content (AvgIpc) is 3.20. The summed E-state index contributed by atoms with van der Waals surface area (Å²) < 4.78 is 0. The van der Waals surface area contributed by atoms with Gasteiger partial charge in [-0.2, -0.15) is 16.4 Å². The number of hydrazone groups is 1. The molecule has 0 amide bonds. The molecule has 1 aromatic heterocycles. The number of thiophene rings is 1. The number of nitrogens with zero attached hydrogens (tertiary/aromatic N) is 3. The monoisotopic (exact) mass is 384 g/mol. The van der Waals surface area contributed by atoms with Gasteiger partial charge in [0.2, 0.25) is 0 Å². The quantitative estimate of drug-likeness (QED) is 0.409. The first-order valence-corrected chi connectivity index (χ1v) is 8.83. The maximum atomic E-state index is 10.9. The molecular weight excluding hydrogens is 368 g/mol. The van der Waals surface area contributed by atoms with E-state index in [0.717, 1.165) is 17.2 Å². The fraction of sp³-hybridized carbons (Fsp3) is 0.0556. The maximum absolute atomic E-state index is 10.9. The first-order valence-electron chi connectivity index (χ1n) is 7.89. The van der Waals surface area contributed by atoms with E-state index in [1.165, 1.54) is 12.1 Å². The van der Waals surface area contributed by atoms with E-state index in [1.54, 1.807) is 17.6 Å². The molecule has 0 spiro atoms. The summed E-state index contributed by atoms with van der Waals surface area (Å²) in [5.41, 5.74) is 4.59. The molecule has 0 bridgehead atoms. The van der Waals surface area contributed by atoms with E-state index < -0.39 is 5.23 Å². The van der Waals surface area contributed by atoms with Gasteiger partial charge in [-0.05, 0) is 46.2 Å². The molecule has 27 heavy (non-hydrogen) atoms. The lowest BCUT2D eigenvalue weighted by Gasteiger charge is -2.37. The van der Waals surface area contributed by atoms with Gasteiger partial charge >= 0.3 is 0 Å². The van der Waals surface area contributed by atoms with Gasteiger partial charge in [-0.3, -0.25) is 15.8 Å². The van der Waals surface area contributed by atoms with Crippen molar-refractivity contribution in [3.8, 4) is 0 Å². The Morgan fingerprint density at radius 3 is 2.44 bits per heavy atom.